The maximum Gasteiger partial charge on any atom is 0.236 e. The fraction of sp³-hybridized carbons (Fsp3) is 0.643. The summed E-state index contributed by atoms with van der Waals surface area (Å²) < 4.78 is 0. The van der Waals surface area contributed by atoms with Gasteiger partial charge in [-0.2, -0.15) is 11.3 Å². The molecule has 1 aliphatic rings. The summed E-state index contributed by atoms with van der Waals surface area (Å²) in [4.78, 5) is 16.4. The van der Waals surface area contributed by atoms with Gasteiger partial charge < -0.3 is 10.2 Å². The van der Waals surface area contributed by atoms with Crippen LogP contribution in [0, 0.1) is 0 Å². The Morgan fingerprint density at radius 2 is 2.37 bits per heavy atom. The molecule has 1 amide bonds. The predicted molar refractivity (Wildman–Crippen MR) is 79.3 cm³/mol. The van der Waals surface area contributed by atoms with Crippen LogP contribution in [0.15, 0.2) is 16.8 Å². The molecule has 5 heteroatoms. The predicted octanol–water partition coefficient (Wildman–Crippen LogP) is 1.39. The number of piperazine rings is 1. The highest BCUT2D eigenvalue weighted by molar-refractivity contribution is 7.07. The van der Waals surface area contributed by atoms with E-state index < -0.39 is 0 Å². The second-order valence-electron chi connectivity index (χ2n) is 5.79. The van der Waals surface area contributed by atoms with Gasteiger partial charge in [-0.1, -0.05) is 0 Å². The van der Waals surface area contributed by atoms with Gasteiger partial charge in [0, 0.05) is 38.8 Å². The Kier molecular flexibility index (Phi) is 4.60. The lowest BCUT2D eigenvalue weighted by Gasteiger charge is -2.42. The van der Waals surface area contributed by atoms with Crippen molar-refractivity contribution in [2.45, 2.75) is 25.9 Å². The fourth-order valence-corrected chi connectivity index (χ4v) is 3.00. The quantitative estimate of drug-likeness (QED) is 0.906. The Balaban J connectivity index is 1.89. The molecule has 19 heavy (non-hydrogen) atoms. The summed E-state index contributed by atoms with van der Waals surface area (Å²) in [6.45, 7) is 8.42. The van der Waals surface area contributed by atoms with Crippen molar-refractivity contribution in [3.8, 4) is 0 Å². The van der Waals surface area contributed by atoms with Gasteiger partial charge in [0.15, 0.2) is 0 Å². The molecule has 1 aromatic heterocycles. The van der Waals surface area contributed by atoms with Gasteiger partial charge in [0.2, 0.25) is 5.91 Å². The van der Waals surface area contributed by atoms with E-state index in [2.05, 4.69) is 35.5 Å². The van der Waals surface area contributed by atoms with Crippen LogP contribution in [0.5, 0.6) is 0 Å². The molecular formula is C14H23N3OS. The molecule has 106 valence electrons. The second-order valence-corrected chi connectivity index (χ2v) is 6.57. The average molecular weight is 281 g/mol. The highest BCUT2D eigenvalue weighted by Gasteiger charge is 2.31. The first-order valence-electron chi connectivity index (χ1n) is 6.70. The summed E-state index contributed by atoms with van der Waals surface area (Å²) in [5, 5.41) is 7.52. The first kappa shape index (κ1) is 14.5. The van der Waals surface area contributed by atoms with E-state index in [-0.39, 0.29) is 11.4 Å². The number of hydrogen-bond donors (Lipinski definition) is 1. The molecular weight excluding hydrogens is 258 g/mol. The van der Waals surface area contributed by atoms with Gasteiger partial charge in [0.25, 0.3) is 0 Å². The third-order valence-corrected chi connectivity index (χ3v) is 4.46. The van der Waals surface area contributed by atoms with E-state index in [4.69, 9.17) is 0 Å². The highest BCUT2D eigenvalue weighted by Crippen LogP contribution is 2.16. The maximum absolute atomic E-state index is 12.3. The highest BCUT2D eigenvalue weighted by atomic mass is 32.1. The van der Waals surface area contributed by atoms with Crippen LogP contribution in [0.1, 0.15) is 19.4 Å². The van der Waals surface area contributed by atoms with Gasteiger partial charge in [-0.3, -0.25) is 9.69 Å². The maximum atomic E-state index is 12.3. The number of nitrogens with one attached hydrogen (secondary N) is 1. The minimum Gasteiger partial charge on any atom is -0.340 e. The molecule has 4 nitrogen and oxygen atoms in total. The lowest BCUT2D eigenvalue weighted by Crippen LogP contribution is -2.59. The average Bonchev–Trinajstić information content (AvgIpc) is 2.84. The van der Waals surface area contributed by atoms with Crippen LogP contribution in [0.3, 0.4) is 0 Å². The molecule has 2 heterocycles. The molecule has 0 bridgehead atoms. The normalized spacial score (nSPS) is 19.3. The molecule has 2 rings (SSSR count). The summed E-state index contributed by atoms with van der Waals surface area (Å²) >= 11 is 1.67. The third kappa shape index (κ3) is 3.78. The Morgan fingerprint density at radius 3 is 3.00 bits per heavy atom. The zero-order chi connectivity index (χ0) is 13.9. The zero-order valence-electron chi connectivity index (χ0n) is 12.0. The van der Waals surface area contributed by atoms with Crippen molar-refractivity contribution in [2.75, 3.05) is 33.2 Å². The molecule has 0 radical (unpaired) electrons. The smallest absolute Gasteiger partial charge is 0.236 e. The Labute approximate surface area is 119 Å². The van der Waals surface area contributed by atoms with E-state index >= 15 is 0 Å². The van der Waals surface area contributed by atoms with Crippen molar-refractivity contribution in [3.05, 3.63) is 22.4 Å². The molecule has 0 spiro atoms. The molecule has 1 fully saturated rings. The van der Waals surface area contributed by atoms with Crippen LogP contribution >= 0.6 is 11.3 Å². The minimum absolute atomic E-state index is 0.0527. The lowest BCUT2D eigenvalue weighted by atomic mass is 10.0. The first-order chi connectivity index (χ1) is 8.99. The van der Waals surface area contributed by atoms with Crippen LogP contribution in [-0.2, 0) is 11.3 Å². The Hall–Kier alpha value is -0.910. The van der Waals surface area contributed by atoms with Crippen molar-refractivity contribution in [1.82, 2.24) is 15.1 Å². The Bertz CT molecular complexity index is 416. The molecule has 1 saturated heterocycles. The Morgan fingerprint density at radius 1 is 1.58 bits per heavy atom. The topological polar surface area (TPSA) is 35.6 Å². The zero-order valence-corrected chi connectivity index (χ0v) is 12.8. The van der Waals surface area contributed by atoms with Gasteiger partial charge >= 0.3 is 0 Å². The van der Waals surface area contributed by atoms with Crippen LogP contribution < -0.4 is 5.32 Å². The van der Waals surface area contributed by atoms with E-state index in [0.717, 1.165) is 19.6 Å². The minimum atomic E-state index is 0.0527. The van der Waals surface area contributed by atoms with E-state index in [1.165, 1.54) is 5.56 Å². The third-order valence-electron chi connectivity index (χ3n) is 3.72. The number of likely N-dealkylation sites (N-methyl/N-ethyl adjacent to an activating group) is 1. The number of amides is 1. The van der Waals surface area contributed by atoms with E-state index in [0.29, 0.717) is 13.1 Å². The number of carbonyl (C=O) groups excluding carboxylic acids is 1. The molecule has 0 unspecified atom stereocenters. The van der Waals surface area contributed by atoms with Crippen molar-refractivity contribution in [2.24, 2.45) is 0 Å². The van der Waals surface area contributed by atoms with Crippen LogP contribution in [-0.4, -0.2) is 54.5 Å². The number of rotatable bonds is 4. The van der Waals surface area contributed by atoms with Gasteiger partial charge in [0.1, 0.15) is 0 Å². The largest absolute Gasteiger partial charge is 0.340 e. The summed E-state index contributed by atoms with van der Waals surface area (Å²) in [6.07, 6.45) is 0. The molecule has 0 aromatic carbocycles. The van der Waals surface area contributed by atoms with Crippen molar-refractivity contribution < 1.29 is 4.79 Å². The SMILES string of the molecule is CN(Cc1ccsc1)C(=O)CN1CCNCC1(C)C. The van der Waals surface area contributed by atoms with Crippen LogP contribution in [0.25, 0.3) is 0 Å². The summed E-state index contributed by atoms with van der Waals surface area (Å²) in [7, 11) is 1.88. The van der Waals surface area contributed by atoms with E-state index in [1.807, 2.05) is 17.3 Å². The van der Waals surface area contributed by atoms with Crippen molar-refractivity contribution in [1.29, 1.82) is 0 Å². The first-order valence-corrected chi connectivity index (χ1v) is 7.64. The van der Waals surface area contributed by atoms with Crippen LogP contribution in [0.4, 0.5) is 0 Å². The standard InChI is InChI=1S/C14H23N3OS/c1-14(2)11-15-5-6-17(14)9-13(18)16(3)8-12-4-7-19-10-12/h4,7,10,15H,5-6,8-9,11H2,1-3H3. The van der Waals surface area contributed by atoms with Gasteiger partial charge in [-0.25, -0.2) is 0 Å². The molecule has 1 aliphatic heterocycles. The number of hydrogen-bond acceptors (Lipinski definition) is 4. The molecule has 0 atom stereocenters. The molecule has 1 N–H and O–H groups in total. The van der Waals surface area contributed by atoms with Crippen molar-refractivity contribution >= 4 is 17.2 Å². The van der Waals surface area contributed by atoms with E-state index in [1.54, 1.807) is 11.3 Å². The summed E-state index contributed by atoms with van der Waals surface area (Å²) in [5.74, 6) is 0.196. The van der Waals surface area contributed by atoms with Gasteiger partial charge in [-0.05, 0) is 36.2 Å². The number of nitrogens with zero attached hydrogens (tertiary/aromatic N) is 2. The molecule has 1 aromatic rings. The summed E-state index contributed by atoms with van der Waals surface area (Å²) in [6, 6.07) is 2.07. The van der Waals surface area contributed by atoms with Crippen LogP contribution in [0.2, 0.25) is 0 Å². The van der Waals surface area contributed by atoms with Crippen molar-refractivity contribution in [3.63, 3.8) is 0 Å². The number of thiophene rings is 1. The van der Waals surface area contributed by atoms with Gasteiger partial charge in [-0.15, -0.1) is 0 Å². The second kappa shape index (κ2) is 6.03. The van der Waals surface area contributed by atoms with Gasteiger partial charge in [0.05, 0.1) is 6.54 Å². The summed E-state index contributed by atoms with van der Waals surface area (Å²) in [5.41, 5.74) is 1.26. The molecule has 0 aliphatic carbocycles. The fourth-order valence-electron chi connectivity index (χ4n) is 2.34. The van der Waals surface area contributed by atoms with E-state index in [9.17, 15) is 4.79 Å². The molecule has 0 saturated carbocycles. The number of carbonyl (C=O) groups is 1. The monoisotopic (exact) mass is 281 g/mol. The lowest BCUT2D eigenvalue weighted by molar-refractivity contribution is -0.133.